The van der Waals surface area contributed by atoms with E-state index in [1.165, 1.54) is 11.8 Å². The molecule has 114 valence electrons. The van der Waals surface area contributed by atoms with Gasteiger partial charge in [-0.2, -0.15) is 0 Å². The maximum atomic E-state index is 11.9. The highest BCUT2D eigenvalue weighted by Gasteiger charge is 2.37. The number of carbonyl (C=O) groups is 2. The molecule has 1 aromatic rings. The van der Waals surface area contributed by atoms with Crippen molar-refractivity contribution in [3.05, 3.63) is 35.4 Å². The van der Waals surface area contributed by atoms with Crippen LogP contribution in [0.3, 0.4) is 0 Å². The summed E-state index contributed by atoms with van der Waals surface area (Å²) < 4.78 is 5.18. The van der Waals surface area contributed by atoms with Gasteiger partial charge in [0.2, 0.25) is 5.44 Å². The lowest BCUT2D eigenvalue weighted by atomic mass is 10.1. The molecule has 1 aromatic carbocycles. The van der Waals surface area contributed by atoms with Crippen LogP contribution in [0.5, 0.6) is 0 Å². The lowest BCUT2D eigenvalue weighted by molar-refractivity contribution is -0.124. The quantitative estimate of drug-likeness (QED) is 0.881. The number of benzene rings is 1. The number of nitrogens with one attached hydrogen (secondary N) is 2. The fourth-order valence-electron chi connectivity index (χ4n) is 1.93. The molecule has 2 atom stereocenters. The first-order chi connectivity index (χ1) is 9.74. The molecule has 6 heteroatoms. The Balaban J connectivity index is 1.98. The zero-order chi connectivity index (χ0) is 15.6. The summed E-state index contributed by atoms with van der Waals surface area (Å²) in [7, 11) is 0. The number of thioether (sulfide) groups is 1. The second-order valence-corrected chi connectivity index (χ2v) is 7.22. The van der Waals surface area contributed by atoms with Crippen LogP contribution in [0.15, 0.2) is 24.3 Å². The monoisotopic (exact) mass is 308 g/mol. The highest BCUT2D eigenvalue weighted by Crippen LogP contribution is 2.36. The van der Waals surface area contributed by atoms with Crippen molar-refractivity contribution in [1.82, 2.24) is 10.6 Å². The van der Waals surface area contributed by atoms with Crippen LogP contribution in [-0.4, -0.2) is 23.0 Å². The highest BCUT2D eigenvalue weighted by molar-refractivity contribution is 8.01. The predicted molar refractivity (Wildman–Crippen MR) is 82.8 cm³/mol. The number of hydrogen-bond donors (Lipinski definition) is 2. The summed E-state index contributed by atoms with van der Waals surface area (Å²) in [5.74, 6) is -0.282. The van der Waals surface area contributed by atoms with Crippen LogP contribution >= 0.6 is 11.8 Å². The van der Waals surface area contributed by atoms with Gasteiger partial charge in [-0.1, -0.05) is 41.6 Å². The van der Waals surface area contributed by atoms with Crippen LogP contribution in [-0.2, 0) is 9.53 Å². The van der Waals surface area contributed by atoms with Crippen molar-refractivity contribution in [2.75, 3.05) is 0 Å². The molecule has 1 heterocycles. The molecule has 2 N–H and O–H groups in total. The van der Waals surface area contributed by atoms with Crippen molar-refractivity contribution in [2.24, 2.45) is 0 Å². The van der Waals surface area contributed by atoms with E-state index in [9.17, 15) is 9.59 Å². The van der Waals surface area contributed by atoms with E-state index in [2.05, 4.69) is 10.6 Å². The highest BCUT2D eigenvalue weighted by atomic mass is 32.2. The second-order valence-electron chi connectivity index (χ2n) is 6.05. The van der Waals surface area contributed by atoms with E-state index in [-0.39, 0.29) is 11.3 Å². The number of aryl methyl sites for hydroxylation is 1. The fourth-order valence-corrected chi connectivity index (χ4v) is 3.00. The van der Waals surface area contributed by atoms with E-state index >= 15 is 0 Å². The van der Waals surface area contributed by atoms with Gasteiger partial charge in [-0.25, -0.2) is 4.79 Å². The van der Waals surface area contributed by atoms with Crippen LogP contribution in [0.2, 0.25) is 0 Å². The minimum atomic E-state index is -0.821. The number of rotatable bonds is 2. The number of carbonyl (C=O) groups excluding carboxylic acids is 2. The van der Waals surface area contributed by atoms with Crippen LogP contribution in [0.4, 0.5) is 4.79 Å². The van der Waals surface area contributed by atoms with Gasteiger partial charge in [0, 0.05) is 5.54 Å². The molecule has 1 aliphatic heterocycles. The Morgan fingerprint density at radius 2 is 2.10 bits per heavy atom. The maximum absolute atomic E-state index is 11.9. The lowest BCUT2D eigenvalue weighted by Gasteiger charge is -2.21. The molecule has 2 unspecified atom stereocenters. The summed E-state index contributed by atoms with van der Waals surface area (Å²) in [6, 6.07) is 7.89. The van der Waals surface area contributed by atoms with Crippen molar-refractivity contribution in [3.8, 4) is 0 Å². The number of alkyl carbamates (subject to hydrolysis) is 1. The SMILES string of the molecule is Cc1cccc(C2NC(=O)C(OC(=O)NC(C)(C)C)S2)c1. The van der Waals surface area contributed by atoms with Crippen LogP contribution in [0.25, 0.3) is 0 Å². The van der Waals surface area contributed by atoms with Crippen molar-refractivity contribution in [1.29, 1.82) is 0 Å². The van der Waals surface area contributed by atoms with Crippen molar-refractivity contribution < 1.29 is 14.3 Å². The Bertz CT molecular complexity index is 554. The Morgan fingerprint density at radius 3 is 2.71 bits per heavy atom. The maximum Gasteiger partial charge on any atom is 0.409 e. The molecule has 0 aromatic heterocycles. The molecule has 21 heavy (non-hydrogen) atoms. The van der Waals surface area contributed by atoms with Crippen LogP contribution in [0, 0.1) is 6.92 Å². The van der Waals surface area contributed by atoms with E-state index in [0.717, 1.165) is 11.1 Å². The first kappa shape index (κ1) is 15.7. The van der Waals surface area contributed by atoms with Gasteiger partial charge in [-0.15, -0.1) is 0 Å². The van der Waals surface area contributed by atoms with E-state index in [4.69, 9.17) is 4.74 Å². The normalized spacial score (nSPS) is 21.8. The molecule has 1 fully saturated rings. The molecule has 0 saturated carbocycles. The fraction of sp³-hybridized carbons (Fsp3) is 0.467. The molecular formula is C15H20N2O3S. The van der Waals surface area contributed by atoms with Gasteiger partial charge in [-0.3, -0.25) is 4.79 Å². The minimum Gasteiger partial charge on any atom is -0.425 e. The predicted octanol–water partition coefficient (Wildman–Crippen LogP) is 2.71. The summed E-state index contributed by atoms with van der Waals surface area (Å²) in [6.45, 7) is 7.55. The molecular weight excluding hydrogens is 288 g/mol. The Kier molecular flexibility index (Phi) is 4.46. The molecule has 2 amide bonds. The first-order valence-corrected chi connectivity index (χ1v) is 7.70. The minimum absolute atomic E-state index is 0.190. The zero-order valence-corrected chi connectivity index (χ0v) is 13.4. The third kappa shape index (κ3) is 4.39. The molecule has 0 bridgehead atoms. The Morgan fingerprint density at radius 1 is 1.38 bits per heavy atom. The Hall–Kier alpha value is -1.69. The summed E-state index contributed by atoms with van der Waals surface area (Å²) in [5, 5.41) is 5.32. The molecule has 0 aliphatic carbocycles. The molecule has 5 nitrogen and oxygen atoms in total. The number of hydrogen-bond acceptors (Lipinski definition) is 4. The van der Waals surface area contributed by atoms with Gasteiger partial charge in [0.1, 0.15) is 5.37 Å². The van der Waals surface area contributed by atoms with E-state index in [1.807, 2.05) is 52.0 Å². The summed E-state index contributed by atoms with van der Waals surface area (Å²) in [4.78, 5) is 23.6. The molecule has 0 spiro atoms. The third-order valence-corrected chi connectivity index (χ3v) is 4.00. The lowest BCUT2D eigenvalue weighted by Crippen LogP contribution is -2.43. The van der Waals surface area contributed by atoms with Crippen molar-refractivity contribution in [3.63, 3.8) is 0 Å². The summed E-state index contributed by atoms with van der Waals surface area (Å²) >= 11 is 1.29. The zero-order valence-electron chi connectivity index (χ0n) is 12.6. The summed E-state index contributed by atoms with van der Waals surface area (Å²) in [6.07, 6.45) is -0.583. The summed E-state index contributed by atoms with van der Waals surface area (Å²) in [5.41, 5.74) is 0.901. The topological polar surface area (TPSA) is 67.4 Å². The van der Waals surface area contributed by atoms with Crippen LogP contribution in [0.1, 0.15) is 37.3 Å². The molecule has 2 rings (SSSR count). The molecule has 0 radical (unpaired) electrons. The van der Waals surface area contributed by atoms with E-state index in [0.29, 0.717) is 0 Å². The Labute approximate surface area is 128 Å². The van der Waals surface area contributed by atoms with E-state index in [1.54, 1.807) is 0 Å². The van der Waals surface area contributed by atoms with E-state index < -0.39 is 17.1 Å². The van der Waals surface area contributed by atoms with Gasteiger partial charge in [0.25, 0.3) is 5.91 Å². The molecule has 1 saturated heterocycles. The largest absolute Gasteiger partial charge is 0.425 e. The van der Waals surface area contributed by atoms with Gasteiger partial charge >= 0.3 is 6.09 Å². The smallest absolute Gasteiger partial charge is 0.409 e. The average molecular weight is 308 g/mol. The second kappa shape index (κ2) is 5.97. The standard InChI is InChI=1S/C15H20N2O3S/c1-9-6-5-7-10(8-9)12-16-11(18)13(21-12)20-14(19)17-15(2,3)4/h5-8,12-13H,1-4H3,(H,16,18)(H,17,19). The number of ether oxygens (including phenoxy) is 1. The first-order valence-electron chi connectivity index (χ1n) is 6.76. The van der Waals surface area contributed by atoms with Crippen molar-refractivity contribution >= 4 is 23.8 Å². The van der Waals surface area contributed by atoms with Crippen LogP contribution < -0.4 is 10.6 Å². The van der Waals surface area contributed by atoms with Gasteiger partial charge in [0.15, 0.2) is 0 Å². The van der Waals surface area contributed by atoms with Gasteiger partial charge in [-0.05, 0) is 33.3 Å². The molecule has 1 aliphatic rings. The average Bonchev–Trinajstić information content (AvgIpc) is 2.68. The van der Waals surface area contributed by atoms with Gasteiger partial charge in [0.05, 0.1) is 0 Å². The number of amides is 2. The third-order valence-electron chi connectivity index (χ3n) is 2.78. The van der Waals surface area contributed by atoms with Crippen molar-refractivity contribution in [2.45, 2.75) is 44.0 Å². The van der Waals surface area contributed by atoms with Gasteiger partial charge < -0.3 is 15.4 Å².